The number of aryl methyl sites for hydroxylation is 1. The van der Waals surface area contributed by atoms with E-state index in [-0.39, 0.29) is 12.1 Å². The molecular weight excluding hydrogens is 216 g/mol. The zero-order valence-corrected chi connectivity index (χ0v) is 8.95. The molecule has 0 fully saturated rings. The van der Waals surface area contributed by atoms with Crippen molar-refractivity contribution in [2.24, 2.45) is 5.92 Å². The molecule has 1 aliphatic heterocycles. The summed E-state index contributed by atoms with van der Waals surface area (Å²) >= 11 is 1.32. The molecule has 5 nitrogen and oxygen atoms in total. The first kappa shape index (κ1) is 10.2. The SMILES string of the molecule is Cc1cnc2n(c1=O)C[C@@H](C(=O)O)CS2. The van der Waals surface area contributed by atoms with Gasteiger partial charge in [0, 0.05) is 24.1 Å². The van der Waals surface area contributed by atoms with Crippen molar-refractivity contribution in [2.45, 2.75) is 18.6 Å². The Labute approximate surface area is 90.1 Å². The van der Waals surface area contributed by atoms with Crippen LogP contribution in [0.25, 0.3) is 0 Å². The van der Waals surface area contributed by atoms with Crippen LogP contribution in [0.5, 0.6) is 0 Å². The molecule has 6 heteroatoms. The number of carbonyl (C=O) groups is 1. The van der Waals surface area contributed by atoms with Gasteiger partial charge in [0.25, 0.3) is 5.56 Å². The minimum atomic E-state index is -0.860. The number of aromatic nitrogens is 2. The van der Waals surface area contributed by atoms with Crippen molar-refractivity contribution in [1.82, 2.24) is 9.55 Å². The minimum Gasteiger partial charge on any atom is -0.481 e. The summed E-state index contributed by atoms with van der Waals surface area (Å²) in [7, 11) is 0. The Balaban J connectivity index is 2.44. The van der Waals surface area contributed by atoms with Crippen LogP contribution >= 0.6 is 11.8 Å². The van der Waals surface area contributed by atoms with Crippen LogP contribution in [0.3, 0.4) is 0 Å². The van der Waals surface area contributed by atoms with Gasteiger partial charge >= 0.3 is 5.97 Å². The molecule has 80 valence electrons. The summed E-state index contributed by atoms with van der Waals surface area (Å²) in [6.45, 7) is 1.91. The number of nitrogens with zero attached hydrogens (tertiary/aromatic N) is 2. The average molecular weight is 226 g/mol. The Kier molecular flexibility index (Phi) is 2.52. The number of aliphatic carboxylic acids is 1. The highest BCUT2D eigenvalue weighted by molar-refractivity contribution is 7.99. The molecule has 0 spiro atoms. The third kappa shape index (κ3) is 1.77. The van der Waals surface area contributed by atoms with Crippen LogP contribution in [-0.4, -0.2) is 26.4 Å². The average Bonchev–Trinajstić information content (AvgIpc) is 2.23. The Hall–Kier alpha value is -1.30. The number of carboxylic acids is 1. The van der Waals surface area contributed by atoms with Crippen LogP contribution in [0.15, 0.2) is 16.1 Å². The van der Waals surface area contributed by atoms with Crippen LogP contribution in [0, 0.1) is 12.8 Å². The van der Waals surface area contributed by atoms with Gasteiger partial charge in [0.05, 0.1) is 5.92 Å². The molecule has 0 saturated carbocycles. The van der Waals surface area contributed by atoms with Gasteiger partial charge < -0.3 is 5.11 Å². The van der Waals surface area contributed by atoms with E-state index in [0.717, 1.165) is 0 Å². The highest BCUT2D eigenvalue weighted by atomic mass is 32.2. The fourth-order valence-electron chi connectivity index (χ4n) is 1.45. The van der Waals surface area contributed by atoms with Crippen molar-refractivity contribution in [2.75, 3.05) is 5.75 Å². The quantitative estimate of drug-likeness (QED) is 0.700. The van der Waals surface area contributed by atoms with E-state index < -0.39 is 11.9 Å². The van der Waals surface area contributed by atoms with E-state index in [9.17, 15) is 9.59 Å². The molecule has 0 unspecified atom stereocenters. The first-order chi connectivity index (χ1) is 7.09. The molecular formula is C9H10N2O3S. The lowest BCUT2D eigenvalue weighted by molar-refractivity contribution is -0.141. The third-order valence-electron chi connectivity index (χ3n) is 2.35. The second-order valence-corrected chi connectivity index (χ2v) is 4.47. The lowest BCUT2D eigenvalue weighted by atomic mass is 10.2. The number of hydrogen-bond donors (Lipinski definition) is 1. The summed E-state index contributed by atoms with van der Waals surface area (Å²) in [6.07, 6.45) is 1.53. The summed E-state index contributed by atoms with van der Waals surface area (Å²) in [5.74, 6) is -0.879. The molecule has 0 saturated heterocycles. The lowest BCUT2D eigenvalue weighted by Gasteiger charge is -2.21. The lowest BCUT2D eigenvalue weighted by Crippen LogP contribution is -2.35. The van der Waals surface area contributed by atoms with E-state index >= 15 is 0 Å². The van der Waals surface area contributed by atoms with E-state index in [1.54, 1.807) is 6.92 Å². The van der Waals surface area contributed by atoms with E-state index in [2.05, 4.69) is 4.98 Å². The predicted molar refractivity (Wildman–Crippen MR) is 55.1 cm³/mol. The minimum absolute atomic E-state index is 0.140. The Morgan fingerprint density at radius 1 is 1.73 bits per heavy atom. The van der Waals surface area contributed by atoms with Gasteiger partial charge in [-0.1, -0.05) is 11.8 Å². The van der Waals surface area contributed by atoms with Crippen LogP contribution in [-0.2, 0) is 11.3 Å². The molecule has 2 heterocycles. The van der Waals surface area contributed by atoms with Crippen LogP contribution in [0.4, 0.5) is 0 Å². The Morgan fingerprint density at radius 2 is 2.47 bits per heavy atom. The predicted octanol–water partition coefficient (Wildman–Crippen LogP) is 0.358. The van der Waals surface area contributed by atoms with Gasteiger partial charge in [-0.25, -0.2) is 4.98 Å². The highest BCUT2D eigenvalue weighted by Gasteiger charge is 2.26. The molecule has 0 radical (unpaired) electrons. The van der Waals surface area contributed by atoms with Crippen molar-refractivity contribution >= 4 is 17.7 Å². The fraction of sp³-hybridized carbons (Fsp3) is 0.444. The van der Waals surface area contributed by atoms with Crippen molar-refractivity contribution in [3.05, 3.63) is 22.1 Å². The zero-order valence-electron chi connectivity index (χ0n) is 8.14. The normalized spacial score (nSPS) is 19.7. The van der Waals surface area contributed by atoms with Gasteiger partial charge in [-0.05, 0) is 6.92 Å². The van der Waals surface area contributed by atoms with Crippen molar-refractivity contribution < 1.29 is 9.90 Å². The maximum absolute atomic E-state index is 11.7. The Bertz CT molecular complexity index is 469. The maximum Gasteiger partial charge on any atom is 0.309 e. The van der Waals surface area contributed by atoms with Crippen LogP contribution in [0.2, 0.25) is 0 Å². The van der Waals surface area contributed by atoms with E-state index in [4.69, 9.17) is 5.11 Å². The van der Waals surface area contributed by atoms with Crippen molar-refractivity contribution in [1.29, 1.82) is 0 Å². The summed E-state index contributed by atoms with van der Waals surface area (Å²) < 4.78 is 1.45. The standard InChI is InChI=1S/C9H10N2O3S/c1-5-2-10-9-11(7(5)12)3-6(4-15-9)8(13)14/h2,6H,3-4H2,1H3,(H,13,14)/t6-/m1/s1. The molecule has 2 rings (SSSR count). The second-order valence-electron chi connectivity index (χ2n) is 3.49. The molecule has 1 atom stereocenters. The molecule has 1 aromatic heterocycles. The van der Waals surface area contributed by atoms with E-state index in [1.807, 2.05) is 0 Å². The zero-order chi connectivity index (χ0) is 11.0. The maximum atomic E-state index is 11.7. The third-order valence-corrected chi connectivity index (χ3v) is 3.50. The van der Waals surface area contributed by atoms with Gasteiger partial charge in [-0.15, -0.1) is 0 Å². The van der Waals surface area contributed by atoms with Crippen molar-refractivity contribution in [3.63, 3.8) is 0 Å². The van der Waals surface area contributed by atoms with Crippen molar-refractivity contribution in [3.8, 4) is 0 Å². The van der Waals surface area contributed by atoms with E-state index in [0.29, 0.717) is 16.5 Å². The van der Waals surface area contributed by atoms with Crippen LogP contribution in [0.1, 0.15) is 5.56 Å². The summed E-state index contributed by atoms with van der Waals surface area (Å²) in [5, 5.41) is 9.49. The number of fused-ring (bicyclic) bond motifs is 1. The van der Waals surface area contributed by atoms with Gasteiger partial charge in [0.2, 0.25) is 0 Å². The molecule has 0 amide bonds. The second kappa shape index (κ2) is 3.69. The smallest absolute Gasteiger partial charge is 0.309 e. The summed E-state index contributed by atoms with van der Waals surface area (Å²) in [6, 6.07) is 0. The number of thioether (sulfide) groups is 1. The molecule has 15 heavy (non-hydrogen) atoms. The highest BCUT2D eigenvalue weighted by Crippen LogP contribution is 2.24. The number of hydrogen-bond acceptors (Lipinski definition) is 4. The van der Waals surface area contributed by atoms with Crippen LogP contribution < -0.4 is 5.56 Å². The summed E-state index contributed by atoms with van der Waals surface area (Å²) in [5.41, 5.74) is 0.406. The molecule has 1 N–H and O–H groups in total. The largest absolute Gasteiger partial charge is 0.481 e. The van der Waals surface area contributed by atoms with Gasteiger partial charge in [0.15, 0.2) is 5.16 Å². The first-order valence-electron chi connectivity index (χ1n) is 4.51. The van der Waals surface area contributed by atoms with E-state index in [1.165, 1.54) is 22.5 Å². The number of carboxylic acid groups (broad SMARTS) is 1. The Morgan fingerprint density at radius 3 is 3.13 bits per heavy atom. The molecule has 0 bridgehead atoms. The molecule has 1 aromatic rings. The first-order valence-corrected chi connectivity index (χ1v) is 5.50. The summed E-state index contributed by atoms with van der Waals surface area (Å²) in [4.78, 5) is 26.6. The van der Waals surface area contributed by atoms with Gasteiger partial charge in [0.1, 0.15) is 0 Å². The van der Waals surface area contributed by atoms with Gasteiger partial charge in [-0.3, -0.25) is 14.2 Å². The topological polar surface area (TPSA) is 72.2 Å². The molecule has 0 aliphatic carbocycles. The fourth-order valence-corrected chi connectivity index (χ4v) is 2.49. The molecule has 1 aliphatic rings. The number of rotatable bonds is 1. The molecule has 0 aromatic carbocycles. The monoisotopic (exact) mass is 226 g/mol. The van der Waals surface area contributed by atoms with Gasteiger partial charge in [-0.2, -0.15) is 0 Å².